The molecule has 3 aromatic carbocycles. The van der Waals surface area contributed by atoms with Crippen LogP contribution in [0.25, 0.3) is 17.0 Å². The van der Waals surface area contributed by atoms with Crippen LogP contribution >= 0.6 is 0 Å². The Morgan fingerprint density at radius 3 is 2.69 bits per heavy atom. The quantitative estimate of drug-likeness (QED) is 0.250. The number of hydrogen-bond acceptors (Lipinski definition) is 4. The Labute approximate surface area is 202 Å². The molecule has 35 heavy (non-hydrogen) atoms. The van der Waals surface area contributed by atoms with Crippen LogP contribution in [0.4, 0.5) is 0 Å². The maximum absolute atomic E-state index is 12.6. The third-order valence-electron chi connectivity index (χ3n) is 6.23. The van der Waals surface area contributed by atoms with Crippen molar-refractivity contribution in [1.82, 2.24) is 14.9 Å². The second-order valence-electron chi connectivity index (χ2n) is 8.46. The Hall–Kier alpha value is -4.36. The Morgan fingerprint density at radius 1 is 1.00 bits per heavy atom. The summed E-state index contributed by atoms with van der Waals surface area (Å²) < 4.78 is 7.94. The number of ether oxygens (including phenoxy) is 1. The van der Waals surface area contributed by atoms with Crippen molar-refractivity contribution >= 4 is 28.8 Å². The second kappa shape index (κ2) is 9.87. The van der Waals surface area contributed by atoms with Gasteiger partial charge in [0.1, 0.15) is 5.75 Å². The van der Waals surface area contributed by atoms with Crippen LogP contribution in [0.3, 0.4) is 0 Å². The molecule has 5 rings (SSSR count). The van der Waals surface area contributed by atoms with E-state index in [1.165, 1.54) is 5.56 Å². The summed E-state index contributed by atoms with van der Waals surface area (Å²) in [5, 5.41) is 9.87. The summed E-state index contributed by atoms with van der Waals surface area (Å²) in [4.78, 5) is 26.2. The zero-order valence-corrected chi connectivity index (χ0v) is 19.1. The van der Waals surface area contributed by atoms with Crippen molar-refractivity contribution in [3.05, 3.63) is 107 Å². The molecular weight excluding hydrogens is 442 g/mol. The van der Waals surface area contributed by atoms with Crippen LogP contribution in [-0.2, 0) is 24.5 Å². The summed E-state index contributed by atoms with van der Waals surface area (Å²) in [7, 11) is 0. The zero-order valence-electron chi connectivity index (χ0n) is 19.1. The number of benzene rings is 3. The van der Waals surface area contributed by atoms with E-state index in [4.69, 9.17) is 9.94 Å². The van der Waals surface area contributed by atoms with E-state index in [0.29, 0.717) is 18.7 Å². The van der Waals surface area contributed by atoms with Gasteiger partial charge in [0.05, 0.1) is 5.52 Å². The summed E-state index contributed by atoms with van der Waals surface area (Å²) in [6.45, 7) is 1.51. The van der Waals surface area contributed by atoms with Crippen LogP contribution in [-0.4, -0.2) is 33.0 Å². The summed E-state index contributed by atoms with van der Waals surface area (Å²) in [5.41, 5.74) is 6.17. The SMILES string of the molecule is O=C(NO)c1ccc2ccn(COc3ccc4c(c3)CCN(C(=O)/C=C/c3ccccc3)C4)c2c1. The van der Waals surface area contributed by atoms with E-state index < -0.39 is 5.91 Å². The molecule has 0 saturated carbocycles. The van der Waals surface area contributed by atoms with Gasteiger partial charge in [-0.2, -0.15) is 0 Å². The van der Waals surface area contributed by atoms with Gasteiger partial charge >= 0.3 is 0 Å². The first-order chi connectivity index (χ1) is 17.1. The fourth-order valence-corrected chi connectivity index (χ4v) is 4.29. The van der Waals surface area contributed by atoms with Crippen molar-refractivity contribution in [1.29, 1.82) is 0 Å². The topological polar surface area (TPSA) is 83.8 Å². The Kier molecular flexibility index (Phi) is 6.32. The van der Waals surface area contributed by atoms with Gasteiger partial charge in [-0.1, -0.05) is 42.5 Å². The number of hydrogen-bond donors (Lipinski definition) is 2. The summed E-state index contributed by atoms with van der Waals surface area (Å²) in [6.07, 6.45) is 6.15. The van der Waals surface area contributed by atoms with Crippen molar-refractivity contribution in [2.24, 2.45) is 0 Å². The first-order valence-corrected chi connectivity index (χ1v) is 11.4. The molecule has 7 nitrogen and oxygen atoms in total. The van der Waals surface area contributed by atoms with Crippen molar-refractivity contribution in [2.45, 2.75) is 19.7 Å². The number of amides is 2. The van der Waals surface area contributed by atoms with E-state index in [0.717, 1.165) is 34.2 Å². The van der Waals surface area contributed by atoms with E-state index in [9.17, 15) is 9.59 Å². The third-order valence-corrected chi connectivity index (χ3v) is 6.23. The predicted octanol–water partition coefficient (Wildman–Crippen LogP) is 4.39. The highest BCUT2D eigenvalue weighted by Gasteiger charge is 2.19. The van der Waals surface area contributed by atoms with Crippen LogP contribution < -0.4 is 10.2 Å². The molecule has 2 heterocycles. The third kappa shape index (κ3) is 4.95. The molecule has 0 bridgehead atoms. The second-order valence-corrected chi connectivity index (χ2v) is 8.46. The van der Waals surface area contributed by atoms with E-state index in [1.54, 1.807) is 23.7 Å². The van der Waals surface area contributed by atoms with Gasteiger partial charge in [-0.25, -0.2) is 5.48 Å². The Morgan fingerprint density at radius 2 is 1.86 bits per heavy atom. The van der Waals surface area contributed by atoms with Crippen LogP contribution in [0.15, 0.2) is 85.1 Å². The van der Waals surface area contributed by atoms with Gasteiger partial charge < -0.3 is 14.2 Å². The van der Waals surface area contributed by atoms with Gasteiger partial charge in [-0.3, -0.25) is 14.8 Å². The molecule has 7 heteroatoms. The molecule has 0 aliphatic carbocycles. The maximum atomic E-state index is 12.6. The van der Waals surface area contributed by atoms with E-state index in [-0.39, 0.29) is 12.6 Å². The van der Waals surface area contributed by atoms with Gasteiger partial charge in [0.25, 0.3) is 5.91 Å². The fraction of sp³-hybridized carbons (Fsp3) is 0.143. The average molecular weight is 468 g/mol. The molecule has 0 unspecified atom stereocenters. The molecule has 1 aromatic heterocycles. The molecule has 4 aromatic rings. The fourth-order valence-electron chi connectivity index (χ4n) is 4.29. The molecule has 1 aliphatic rings. The Balaban J connectivity index is 1.24. The lowest BCUT2D eigenvalue weighted by molar-refractivity contribution is -0.126. The van der Waals surface area contributed by atoms with E-state index in [1.807, 2.05) is 82.4 Å². The lowest BCUT2D eigenvalue weighted by atomic mass is 9.99. The molecule has 0 saturated heterocycles. The smallest absolute Gasteiger partial charge is 0.274 e. The minimum absolute atomic E-state index is 0.00793. The number of nitrogens with zero attached hydrogens (tertiary/aromatic N) is 2. The number of fused-ring (bicyclic) bond motifs is 2. The highest BCUT2D eigenvalue weighted by Crippen LogP contribution is 2.25. The summed E-state index contributed by atoms with van der Waals surface area (Å²) in [6, 6.07) is 22.9. The average Bonchev–Trinajstić information content (AvgIpc) is 3.32. The molecule has 0 spiro atoms. The van der Waals surface area contributed by atoms with E-state index in [2.05, 4.69) is 0 Å². The summed E-state index contributed by atoms with van der Waals surface area (Å²) >= 11 is 0. The minimum atomic E-state index is -0.557. The van der Waals surface area contributed by atoms with Crippen LogP contribution in [0, 0.1) is 0 Å². The molecule has 1 aliphatic heterocycles. The van der Waals surface area contributed by atoms with Gasteiger partial charge in [-0.05, 0) is 64.9 Å². The first-order valence-electron chi connectivity index (χ1n) is 11.4. The minimum Gasteiger partial charge on any atom is -0.473 e. The summed E-state index contributed by atoms with van der Waals surface area (Å²) in [5.74, 6) is 0.200. The van der Waals surface area contributed by atoms with Crippen molar-refractivity contribution in [3.8, 4) is 5.75 Å². The van der Waals surface area contributed by atoms with Crippen molar-refractivity contribution < 1.29 is 19.5 Å². The van der Waals surface area contributed by atoms with Gasteiger partial charge in [0.15, 0.2) is 6.73 Å². The molecule has 0 radical (unpaired) electrons. The highest BCUT2D eigenvalue weighted by molar-refractivity contribution is 5.97. The maximum Gasteiger partial charge on any atom is 0.274 e. The van der Waals surface area contributed by atoms with Crippen LogP contribution in [0.5, 0.6) is 5.75 Å². The first kappa shape index (κ1) is 22.4. The molecule has 176 valence electrons. The molecule has 2 N–H and O–H groups in total. The lowest BCUT2D eigenvalue weighted by Gasteiger charge is -2.28. The lowest BCUT2D eigenvalue weighted by Crippen LogP contribution is -2.34. The monoisotopic (exact) mass is 467 g/mol. The number of rotatable bonds is 6. The van der Waals surface area contributed by atoms with Gasteiger partial charge in [-0.15, -0.1) is 0 Å². The van der Waals surface area contributed by atoms with Gasteiger partial charge in [0, 0.05) is 30.9 Å². The molecule has 0 fully saturated rings. The molecular formula is C28H25N3O4. The molecule has 2 amide bonds. The number of carbonyl (C=O) groups is 2. The number of carbonyl (C=O) groups excluding carboxylic acids is 2. The number of aromatic nitrogens is 1. The molecule has 0 atom stereocenters. The van der Waals surface area contributed by atoms with Crippen LogP contribution in [0.2, 0.25) is 0 Å². The zero-order chi connectivity index (χ0) is 24.2. The highest BCUT2D eigenvalue weighted by atomic mass is 16.5. The Bertz CT molecular complexity index is 1410. The predicted molar refractivity (Wildman–Crippen MR) is 133 cm³/mol. The van der Waals surface area contributed by atoms with Crippen molar-refractivity contribution in [2.75, 3.05) is 6.54 Å². The van der Waals surface area contributed by atoms with E-state index >= 15 is 0 Å². The van der Waals surface area contributed by atoms with Gasteiger partial charge in [0.2, 0.25) is 5.91 Å². The normalized spacial score (nSPS) is 13.1. The standard InChI is InChI=1S/C28H25N3O4/c32-27(11-6-20-4-2-1-3-5-20)30-14-13-22-16-25(10-9-24(22)18-30)35-19-31-15-12-21-7-8-23(17-26(21)31)28(33)29-34/h1-12,15-17,34H,13-14,18-19H2,(H,29,33)/b11-6+. The number of hydroxylamine groups is 1. The number of nitrogens with one attached hydrogen (secondary N) is 1. The largest absolute Gasteiger partial charge is 0.473 e. The van der Waals surface area contributed by atoms with Crippen molar-refractivity contribution in [3.63, 3.8) is 0 Å². The van der Waals surface area contributed by atoms with Crippen LogP contribution in [0.1, 0.15) is 27.0 Å².